The Morgan fingerprint density at radius 3 is 2.93 bits per heavy atom. The number of nitrogens with zero attached hydrogens (tertiary/aromatic N) is 1. The minimum Gasteiger partial charge on any atom is -0.481 e. The first-order valence-corrected chi connectivity index (χ1v) is 10.1. The molecule has 27 heavy (non-hydrogen) atoms. The van der Waals surface area contributed by atoms with E-state index in [1.807, 2.05) is 0 Å². The van der Waals surface area contributed by atoms with E-state index in [0.717, 1.165) is 37.9 Å². The number of piperidine rings is 1. The van der Waals surface area contributed by atoms with E-state index in [1.54, 1.807) is 13.8 Å². The Hall–Kier alpha value is -2.07. The number of aldehydes is 1. The Balaban J connectivity index is 1.45. The van der Waals surface area contributed by atoms with Crippen LogP contribution in [0.25, 0.3) is 0 Å². The summed E-state index contributed by atoms with van der Waals surface area (Å²) in [6.07, 6.45) is 10.6. The standard InChI is InChI=1S/C23H30N2O2/c1-23(2,15-26)27-19-8-10-21-17(14-19)6-9-20(24-21)16-7-11-22-18(13-16)5-4-12-25(22)3/h7-8,11,13-15,20-21,24H,4-6,9-10,12H2,1-3H3. The summed E-state index contributed by atoms with van der Waals surface area (Å²) in [6, 6.07) is 7.79. The maximum Gasteiger partial charge on any atom is 0.162 e. The molecule has 1 aliphatic carbocycles. The molecule has 2 aliphatic heterocycles. The number of allylic oxidation sites excluding steroid dienone is 1. The van der Waals surface area contributed by atoms with Gasteiger partial charge in [0.1, 0.15) is 5.76 Å². The summed E-state index contributed by atoms with van der Waals surface area (Å²) in [5.74, 6) is 0.829. The van der Waals surface area contributed by atoms with Gasteiger partial charge < -0.3 is 15.0 Å². The van der Waals surface area contributed by atoms with Gasteiger partial charge in [-0.2, -0.15) is 0 Å². The summed E-state index contributed by atoms with van der Waals surface area (Å²) in [7, 11) is 2.19. The normalized spacial score (nSPS) is 25.1. The molecule has 2 heterocycles. The highest BCUT2D eigenvalue weighted by Gasteiger charge is 2.29. The average molecular weight is 367 g/mol. The van der Waals surface area contributed by atoms with Gasteiger partial charge in [0, 0.05) is 31.4 Å². The van der Waals surface area contributed by atoms with Crippen molar-refractivity contribution in [2.45, 2.75) is 63.6 Å². The molecule has 0 bridgehead atoms. The number of carbonyl (C=O) groups is 1. The third-order valence-corrected chi connectivity index (χ3v) is 5.98. The van der Waals surface area contributed by atoms with Crippen LogP contribution < -0.4 is 10.2 Å². The molecule has 1 fully saturated rings. The Bertz CT molecular complexity index is 794. The molecule has 1 aromatic rings. The largest absolute Gasteiger partial charge is 0.481 e. The third kappa shape index (κ3) is 3.81. The number of nitrogens with one attached hydrogen (secondary N) is 1. The number of carbonyl (C=O) groups excluding carboxylic acids is 1. The summed E-state index contributed by atoms with van der Waals surface area (Å²) in [6.45, 7) is 4.75. The molecular weight excluding hydrogens is 336 g/mol. The minimum atomic E-state index is -0.767. The van der Waals surface area contributed by atoms with Crippen LogP contribution in [0.3, 0.4) is 0 Å². The lowest BCUT2D eigenvalue weighted by Crippen LogP contribution is -2.40. The maximum atomic E-state index is 11.1. The van der Waals surface area contributed by atoms with E-state index in [0.29, 0.717) is 12.1 Å². The Labute approximate surface area is 162 Å². The van der Waals surface area contributed by atoms with Gasteiger partial charge in [0.15, 0.2) is 11.9 Å². The molecule has 0 aromatic heterocycles. The van der Waals surface area contributed by atoms with Gasteiger partial charge >= 0.3 is 0 Å². The molecular formula is C23H30N2O2. The molecule has 3 aliphatic rings. The van der Waals surface area contributed by atoms with Crippen molar-refractivity contribution in [1.82, 2.24) is 5.32 Å². The van der Waals surface area contributed by atoms with Crippen molar-refractivity contribution in [3.05, 3.63) is 52.8 Å². The molecule has 1 aromatic carbocycles. The number of ether oxygens (including phenoxy) is 1. The monoisotopic (exact) mass is 366 g/mol. The molecule has 0 saturated carbocycles. The lowest BCUT2D eigenvalue weighted by molar-refractivity contribution is -0.122. The van der Waals surface area contributed by atoms with Crippen molar-refractivity contribution in [2.75, 3.05) is 18.5 Å². The van der Waals surface area contributed by atoms with Crippen LogP contribution in [-0.2, 0) is 16.0 Å². The second kappa shape index (κ2) is 7.16. The fourth-order valence-corrected chi connectivity index (χ4v) is 4.47. The van der Waals surface area contributed by atoms with Crippen LogP contribution in [0.5, 0.6) is 0 Å². The van der Waals surface area contributed by atoms with Gasteiger partial charge in [0.05, 0.1) is 0 Å². The minimum absolute atomic E-state index is 0.370. The van der Waals surface area contributed by atoms with Crippen molar-refractivity contribution in [2.24, 2.45) is 0 Å². The quantitative estimate of drug-likeness (QED) is 0.816. The number of aryl methyl sites for hydroxylation is 1. The van der Waals surface area contributed by atoms with Crippen molar-refractivity contribution in [1.29, 1.82) is 0 Å². The molecule has 0 spiro atoms. The van der Waals surface area contributed by atoms with E-state index in [1.165, 1.54) is 35.2 Å². The van der Waals surface area contributed by atoms with Crippen LogP contribution in [0.2, 0.25) is 0 Å². The van der Waals surface area contributed by atoms with Gasteiger partial charge in [-0.3, -0.25) is 4.79 Å². The van der Waals surface area contributed by atoms with E-state index in [-0.39, 0.29) is 0 Å². The van der Waals surface area contributed by atoms with Gasteiger partial charge in [0.25, 0.3) is 0 Å². The number of rotatable bonds is 4. The zero-order chi connectivity index (χ0) is 19.0. The highest BCUT2D eigenvalue weighted by Crippen LogP contribution is 2.36. The molecule has 2 unspecified atom stereocenters. The summed E-state index contributed by atoms with van der Waals surface area (Å²) in [5.41, 5.74) is 4.91. The van der Waals surface area contributed by atoms with Crippen LogP contribution in [0.1, 0.15) is 56.7 Å². The number of hydrogen-bond donors (Lipinski definition) is 1. The molecule has 0 amide bonds. The first-order valence-electron chi connectivity index (χ1n) is 10.1. The van der Waals surface area contributed by atoms with E-state index in [9.17, 15) is 4.79 Å². The van der Waals surface area contributed by atoms with Gasteiger partial charge in [0.2, 0.25) is 0 Å². The number of anilines is 1. The SMILES string of the molecule is CN1CCCc2cc(C3CCC4=CC(OC(C)(C)C=O)=CCC4N3)ccc21. The second-order valence-corrected chi connectivity index (χ2v) is 8.61. The predicted molar refractivity (Wildman–Crippen MR) is 109 cm³/mol. The second-order valence-electron chi connectivity index (χ2n) is 8.61. The van der Waals surface area contributed by atoms with Crippen LogP contribution in [-0.4, -0.2) is 31.5 Å². The van der Waals surface area contributed by atoms with Gasteiger partial charge in [-0.05, 0) is 80.9 Å². The van der Waals surface area contributed by atoms with E-state index in [2.05, 4.69) is 47.6 Å². The molecule has 1 N–H and O–H groups in total. The Kier molecular flexibility index (Phi) is 4.85. The lowest BCUT2D eigenvalue weighted by atomic mass is 9.85. The topological polar surface area (TPSA) is 41.6 Å². The predicted octanol–water partition coefficient (Wildman–Crippen LogP) is 4.07. The maximum absolute atomic E-state index is 11.1. The molecule has 144 valence electrons. The fraction of sp³-hybridized carbons (Fsp3) is 0.522. The van der Waals surface area contributed by atoms with Gasteiger partial charge in [-0.25, -0.2) is 0 Å². The summed E-state index contributed by atoms with van der Waals surface area (Å²) in [5, 5.41) is 3.84. The Morgan fingerprint density at radius 2 is 2.11 bits per heavy atom. The van der Waals surface area contributed by atoms with Crippen molar-refractivity contribution < 1.29 is 9.53 Å². The molecule has 4 heteroatoms. The molecule has 1 saturated heterocycles. The summed E-state index contributed by atoms with van der Waals surface area (Å²) < 4.78 is 5.84. The third-order valence-electron chi connectivity index (χ3n) is 5.98. The molecule has 2 atom stereocenters. The highest BCUT2D eigenvalue weighted by atomic mass is 16.5. The molecule has 0 radical (unpaired) electrons. The number of fused-ring (bicyclic) bond motifs is 2. The van der Waals surface area contributed by atoms with Crippen LogP contribution in [0, 0.1) is 0 Å². The van der Waals surface area contributed by atoms with E-state index >= 15 is 0 Å². The van der Waals surface area contributed by atoms with Crippen LogP contribution in [0.15, 0.2) is 41.7 Å². The lowest BCUT2D eigenvalue weighted by Gasteiger charge is -2.36. The van der Waals surface area contributed by atoms with Crippen LogP contribution in [0.4, 0.5) is 5.69 Å². The van der Waals surface area contributed by atoms with Crippen molar-refractivity contribution in [3.63, 3.8) is 0 Å². The molecule has 4 rings (SSSR count). The fourth-order valence-electron chi connectivity index (χ4n) is 4.47. The van der Waals surface area contributed by atoms with E-state index in [4.69, 9.17) is 4.74 Å². The zero-order valence-electron chi connectivity index (χ0n) is 16.6. The number of benzene rings is 1. The first-order chi connectivity index (χ1) is 12.9. The zero-order valence-corrected chi connectivity index (χ0v) is 16.6. The summed E-state index contributed by atoms with van der Waals surface area (Å²) >= 11 is 0. The van der Waals surface area contributed by atoms with Crippen molar-refractivity contribution >= 4 is 12.0 Å². The number of hydrogen-bond acceptors (Lipinski definition) is 4. The average Bonchev–Trinajstić information content (AvgIpc) is 2.67. The first kappa shape index (κ1) is 18.3. The van der Waals surface area contributed by atoms with E-state index < -0.39 is 5.60 Å². The summed E-state index contributed by atoms with van der Waals surface area (Å²) in [4.78, 5) is 13.5. The van der Waals surface area contributed by atoms with Crippen molar-refractivity contribution in [3.8, 4) is 0 Å². The Morgan fingerprint density at radius 1 is 1.26 bits per heavy atom. The van der Waals surface area contributed by atoms with Crippen LogP contribution >= 0.6 is 0 Å². The highest BCUT2D eigenvalue weighted by molar-refractivity contribution is 5.61. The van der Waals surface area contributed by atoms with Gasteiger partial charge in [-0.1, -0.05) is 12.1 Å². The van der Waals surface area contributed by atoms with Gasteiger partial charge in [-0.15, -0.1) is 0 Å². The molecule has 4 nitrogen and oxygen atoms in total. The smallest absolute Gasteiger partial charge is 0.162 e.